The molecule has 0 amide bonds. The van der Waals surface area contributed by atoms with Gasteiger partial charge in [0.05, 0.1) is 6.61 Å². The van der Waals surface area contributed by atoms with E-state index in [1.165, 1.54) is 0 Å². The van der Waals surface area contributed by atoms with E-state index in [1.54, 1.807) is 0 Å². The third-order valence-corrected chi connectivity index (χ3v) is 2.41. The molecule has 17 heavy (non-hydrogen) atoms. The van der Waals surface area contributed by atoms with Gasteiger partial charge in [0.25, 0.3) is 4.73 Å². The molecule has 1 aromatic heterocycles. The van der Waals surface area contributed by atoms with Crippen LogP contribution in [0.4, 0.5) is 5.95 Å². The van der Waals surface area contributed by atoms with Gasteiger partial charge in [0.1, 0.15) is 0 Å². The van der Waals surface area contributed by atoms with Crippen LogP contribution >= 0.6 is 15.9 Å². The molecular formula is C8H11BrN4O4. The van der Waals surface area contributed by atoms with Crippen molar-refractivity contribution in [3.05, 3.63) is 14.8 Å². The van der Waals surface area contributed by atoms with Crippen LogP contribution in [0.5, 0.6) is 0 Å². The Balaban J connectivity index is 2.56. The van der Waals surface area contributed by atoms with Crippen LogP contribution in [-0.2, 0) is 16.1 Å². The summed E-state index contributed by atoms with van der Waals surface area (Å²) < 4.78 is 6.09. The Morgan fingerprint density at radius 1 is 1.65 bits per heavy atom. The Bertz CT molecular complexity index is 420. The molecule has 94 valence electrons. The van der Waals surface area contributed by atoms with Crippen LogP contribution in [0.25, 0.3) is 0 Å². The van der Waals surface area contributed by atoms with E-state index in [9.17, 15) is 14.9 Å². The zero-order valence-corrected chi connectivity index (χ0v) is 10.7. The van der Waals surface area contributed by atoms with Gasteiger partial charge in [-0.05, 0) is 16.3 Å². The summed E-state index contributed by atoms with van der Waals surface area (Å²) in [4.78, 5) is 24.5. The van der Waals surface area contributed by atoms with Crippen LogP contribution in [0.15, 0.2) is 4.73 Å². The second kappa shape index (κ2) is 6.28. The Morgan fingerprint density at radius 3 is 2.88 bits per heavy atom. The number of rotatable bonds is 6. The molecule has 0 saturated carbocycles. The smallest absolute Gasteiger partial charge is 0.464 e. The number of nitrogens with zero attached hydrogens (tertiary/aromatic N) is 4. The first-order chi connectivity index (χ1) is 8.04. The number of halogens is 1. The molecule has 0 bridgehead atoms. The van der Waals surface area contributed by atoms with Crippen molar-refractivity contribution in [2.45, 2.75) is 26.3 Å². The fourth-order valence-corrected chi connectivity index (χ4v) is 1.35. The molecule has 1 aromatic rings. The quantitative estimate of drug-likeness (QED) is 0.340. The molecule has 0 spiro atoms. The molecule has 1 heterocycles. The molecule has 0 aliphatic heterocycles. The average molecular weight is 307 g/mol. The van der Waals surface area contributed by atoms with Crippen LogP contribution in [0.1, 0.15) is 19.8 Å². The molecule has 8 nitrogen and oxygen atoms in total. The van der Waals surface area contributed by atoms with Crippen molar-refractivity contribution in [3.8, 4) is 0 Å². The van der Waals surface area contributed by atoms with Crippen molar-refractivity contribution in [2.24, 2.45) is 0 Å². The minimum absolute atomic E-state index is 0.122. The Labute approximate surface area is 105 Å². The molecule has 0 aromatic carbocycles. The SMILES string of the molecule is CCCCOC(=O)Cn1nc([N+](=O)[O-])nc1Br. The molecule has 0 atom stereocenters. The molecule has 0 aliphatic carbocycles. The fourth-order valence-electron chi connectivity index (χ4n) is 0.988. The van der Waals surface area contributed by atoms with E-state index in [0.29, 0.717) is 6.61 Å². The van der Waals surface area contributed by atoms with Crippen LogP contribution in [0.3, 0.4) is 0 Å². The zero-order chi connectivity index (χ0) is 12.8. The lowest BCUT2D eigenvalue weighted by molar-refractivity contribution is -0.394. The van der Waals surface area contributed by atoms with Gasteiger partial charge in [-0.3, -0.25) is 0 Å². The van der Waals surface area contributed by atoms with Crippen molar-refractivity contribution >= 4 is 27.8 Å². The van der Waals surface area contributed by atoms with Gasteiger partial charge in [0.2, 0.25) is 0 Å². The summed E-state index contributed by atoms with van der Waals surface area (Å²) in [5.74, 6) is -1.06. The first-order valence-corrected chi connectivity index (χ1v) is 5.74. The van der Waals surface area contributed by atoms with E-state index in [4.69, 9.17) is 4.74 Å². The maximum absolute atomic E-state index is 11.3. The number of nitro groups is 1. The summed E-state index contributed by atoms with van der Waals surface area (Å²) in [5, 5.41) is 13.9. The van der Waals surface area contributed by atoms with Crippen LogP contribution in [0.2, 0.25) is 0 Å². The van der Waals surface area contributed by atoms with Crippen LogP contribution < -0.4 is 0 Å². The number of hydrogen-bond acceptors (Lipinski definition) is 6. The largest absolute Gasteiger partial charge is 0.492 e. The molecule has 1 rings (SSSR count). The summed E-state index contributed by atoms with van der Waals surface area (Å²) in [5.41, 5.74) is 0. The second-order valence-corrected chi connectivity index (χ2v) is 3.88. The van der Waals surface area contributed by atoms with Crippen LogP contribution in [-0.4, -0.2) is 32.3 Å². The molecule has 0 N–H and O–H groups in total. The number of hydrogen-bond donors (Lipinski definition) is 0. The highest BCUT2D eigenvalue weighted by molar-refractivity contribution is 9.10. The second-order valence-electron chi connectivity index (χ2n) is 3.17. The highest BCUT2D eigenvalue weighted by Gasteiger charge is 2.21. The number of unbranched alkanes of at least 4 members (excludes halogenated alkanes) is 1. The molecule has 0 aliphatic rings. The monoisotopic (exact) mass is 306 g/mol. The van der Waals surface area contributed by atoms with E-state index >= 15 is 0 Å². The molecule has 0 radical (unpaired) electrons. The summed E-state index contributed by atoms with van der Waals surface area (Å²) in [6.45, 7) is 2.11. The number of carbonyl (C=O) groups excluding carboxylic acids is 1. The molecule has 9 heteroatoms. The minimum atomic E-state index is -0.732. The van der Waals surface area contributed by atoms with Gasteiger partial charge < -0.3 is 14.9 Å². The standard InChI is InChI=1S/C8H11BrN4O4/c1-2-3-4-17-6(14)5-12-7(9)10-8(11-12)13(15)16/h2-5H2,1H3. The Hall–Kier alpha value is -1.51. The van der Waals surface area contributed by atoms with E-state index in [1.807, 2.05) is 6.92 Å². The normalized spacial score (nSPS) is 10.2. The highest BCUT2D eigenvalue weighted by Crippen LogP contribution is 2.11. The topological polar surface area (TPSA) is 100 Å². The zero-order valence-electron chi connectivity index (χ0n) is 9.13. The Morgan fingerprint density at radius 2 is 2.35 bits per heavy atom. The first kappa shape index (κ1) is 13.6. The van der Waals surface area contributed by atoms with Gasteiger partial charge in [-0.1, -0.05) is 13.3 Å². The van der Waals surface area contributed by atoms with Gasteiger partial charge in [-0.2, -0.15) is 0 Å². The summed E-state index contributed by atoms with van der Waals surface area (Å²) >= 11 is 2.97. The molecule has 0 unspecified atom stereocenters. The van der Waals surface area contributed by atoms with E-state index in [0.717, 1.165) is 17.5 Å². The van der Waals surface area contributed by atoms with Crippen molar-refractivity contribution in [2.75, 3.05) is 6.61 Å². The predicted molar refractivity (Wildman–Crippen MR) is 60.2 cm³/mol. The van der Waals surface area contributed by atoms with E-state index in [2.05, 4.69) is 26.0 Å². The van der Waals surface area contributed by atoms with Crippen molar-refractivity contribution in [1.82, 2.24) is 14.8 Å². The number of carbonyl (C=O) groups is 1. The number of aromatic nitrogens is 3. The highest BCUT2D eigenvalue weighted by atomic mass is 79.9. The van der Waals surface area contributed by atoms with Crippen LogP contribution in [0, 0.1) is 10.1 Å². The van der Waals surface area contributed by atoms with E-state index in [-0.39, 0.29) is 11.3 Å². The summed E-state index contributed by atoms with van der Waals surface area (Å²) in [7, 11) is 0. The minimum Gasteiger partial charge on any atom is -0.464 e. The average Bonchev–Trinajstić information content (AvgIpc) is 2.61. The molecular weight excluding hydrogens is 296 g/mol. The summed E-state index contributed by atoms with van der Waals surface area (Å²) in [6, 6.07) is 0. The molecule has 0 fully saturated rings. The lowest BCUT2D eigenvalue weighted by atomic mass is 10.4. The number of esters is 1. The predicted octanol–water partition coefficient (Wildman–Crippen LogP) is 1.29. The van der Waals surface area contributed by atoms with Gasteiger partial charge in [0, 0.05) is 21.0 Å². The number of ether oxygens (including phenoxy) is 1. The van der Waals surface area contributed by atoms with E-state index < -0.39 is 16.8 Å². The van der Waals surface area contributed by atoms with Crippen molar-refractivity contribution in [1.29, 1.82) is 0 Å². The first-order valence-electron chi connectivity index (χ1n) is 4.95. The maximum atomic E-state index is 11.3. The van der Waals surface area contributed by atoms with Gasteiger partial charge in [0.15, 0.2) is 6.54 Å². The van der Waals surface area contributed by atoms with Gasteiger partial charge >= 0.3 is 11.9 Å². The maximum Gasteiger partial charge on any atom is 0.492 e. The molecule has 0 saturated heterocycles. The van der Waals surface area contributed by atoms with Gasteiger partial charge in [-0.15, -0.1) is 4.68 Å². The third-order valence-electron chi connectivity index (χ3n) is 1.82. The fraction of sp³-hybridized carbons (Fsp3) is 0.625. The van der Waals surface area contributed by atoms with Crippen molar-refractivity contribution < 1.29 is 14.5 Å². The third kappa shape index (κ3) is 4.10. The lowest BCUT2D eigenvalue weighted by Crippen LogP contribution is -2.15. The van der Waals surface area contributed by atoms with Crippen molar-refractivity contribution in [3.63, 3.8) is 0 Å². The lowest BCUT2D eigenvalue weighted by Gasteiger charge is -2.01. The summed E-state index contributed by atoms with van der Waals surface area (Å²) in [6.07, 6.45) is 1.70. The Kier molecular flexibility index (Phi) is 5.01. The van der Waals surface area contributed by atoms with Gasteiger partial charge in [-0.25, -0.2) is 4.79 Å².